The topological polar surface area (TPSA) is 54.2 Å². The summed E-state index contributed by atoms with van der Waals surface area (Å²) < 4.78 is 1.90. The molecule has 6 heteroatoms. The van der Waals surface area contributed by atoms with Crippen molar-refractivity contribution in [3.63, 3.8) is 0 Å². The van der Waals surface area contributed by atoms with Gasteiger partial charge >= 0.3 is 0 Å². The second kappa shape index (κ2) is 7.68. The van der Waals surface area contributed by atoms with Gasteiger partial charge < -0.3 is 5.11 Å². The van der Waals surface area contributed by atoms with Crippen LogP contribution in [0.5, 0.6) is 0 Å². The predicted molar refractivity (Wildman–Crippen MR) is 85.6 cm³/mol. The lowest BCUT2D eigenvalue weighted by molar-refractivity contribution is 0.266. The minimum atomic E-state index is 0.128. The molecule has 0 atom stereocenters. The normalized spacial score (nSPS) is 11.5. The van der Waals surface area contributed by atoms with Gasteiger partial charge in [0, 0.05) is 42.3 Å². The van der Waals surface area contributed by atoms with Crippen LogP contribution in [0.3, 0.4) is 0 Å². The Morgan fingerprint density at radius 3 is 2.81 bits per heavy atom. The maximum absolute atomic E-state index is 9.09. The predicted octanol–water partition coefficient (Wildman–Crippen LogP) is 2.01. The SMILES string of the molecule is CCN(CCc1nccs1)Cc1c(C)nn(CCO)c1C. The molecular formula is C15H24N4OS. The number of hydrogen-bond acceptors (Lipinski definition) is 5. The third kappa shape index (κ3) is 4.12. The summed E-state index contributed by atoms with van der Waals surface area (Å²) >= 11 is 1.72. The molecule has 0 radical (unpaired) electrons. The zero-order valence-corrected chi connectivity index (χ0v) is 13.9. The Labute approximate surface area is 130 Å². The van der Waals surface area contributed by atoms with E-state index < -0.39 is 0 Å². The van der Waals surface area contributed by atoms with Crippen LogP contribution >= 0.6 is 11.3 Å². The summed E-state index contributed by atoms with van der Waals surface area (Å²) in [4.78, 5) is 6.76. The molecule has 0 spiro atoms. The molecule has 21 heavy (non-hydrogen) atoms. The van der Waals surface area contributed by atoms with Crippen molar-refractivity contribution in [2.75, 3.05) is 19.7 Å². The monoisotopic (exact) mass is 308 g/mol. The number of nitrogens with zero attached hydrogens (tertiary/aromatic N) is 4. The molecule has 0 saturated carbocycles. The lowest BCUT2D eigenvalue weighted by Gasteiger charge is -2.20. The van der Waals surface area contributed by atoms with Crippen LogP contribution in [-0.2, 0) is 19.5 Å². The number of aliphatic hydroxyl groups is 1. The fraction of sp³-hybridized carbons (Fsp3) is 0.600. The Morgan fingerprint density at radius 1 is 1.38 bits per heavy atom. The van der Waals surface area contributed by atoms with E-state index in [1.54, 1.807) is 11.3 Å². The van der Waals surface area contributed by atoms with Crippen molar-refractivity contribution in [1.82, 2.24) is 19.7 Å². The van der Waals surface area contributed by atoms with Crippen molar-refractivity contribution in [2.45, 2.75) is 40.3 Å². The van der Waals surface area contributed by atoms with Crippen LogP contribution < -0.4 is 0 Å². The zero-order chi connectivity index (χ0) is 15.2. The van der Waals surface area contributed by atoms with Crippen LogP contribution in [-0.4, -0.2) is 44.5 Å². The Hall–Kier alpha value is -1.24. The van der Waals surface area contributed by atoms with Crippen LogP contribution in [0.1, 0.15) is 28.9 Å². The first-order chi connectivity index (χ1) is 10.2. The number of aliphatic hydroxyl groups excluding tert-OH is 1. The van der Waals surface area contributed by atoms with Gasteiger partial charge in [0.15, 0.2) is 0 Å². The van der Waals surface area contributed by atoms with E-state index in [0.717, 1.165) is 37.4 Å². The molecule has 116 valence electrons. The summed E-state index contributed by atoms with van der Waals surface area (Å²) in [6.07, 6.45) is 2.86. The second-order valence-electron chi connectivity index (χ2n) is 5.14. The highest BCUT2D eigenvalue weighted by molar-refractivity contribution is 7.09. The highest BCUT2D eigenvalue weighted by Gasteiger charge is 2.14. The number of aromatic nitrogens is 3. The average Bonchev–Trinajstić information content (AvgIpc) is 3.07. The van der Waals surface area contributed by atoms with Crippen LogP contribution in [0.4, 0.5) is 0 Å². The lowest BCUT2D eigenvalue weighted by Crippen LogP contribution is -2.26. The number of aryl methyl sites for hydroxylation is 1. The first-order valence-electron chi connectivity index (χ1n) is 7.40. The molecule has 0 amide bonds. The highest BCUT2D eigenvalue weighted by atomic mass is 32.1. The van der Waals surface area contributed by atoms with Gasteiger partial charge in [0.1, 0.15) is 0 Å². The van der Waals surface area contributed by atoms with Gasteiger partial charge in [0.2, 0.25) is 0 Å². The average molecular weight is 308 g/mol. The minimum Gasteiger partial charge on any atom is -0.394 e. The molecular weight excluding hydrogens is 284 g/mol. The van der Waals surface area contributed by atoms with Gasteiger partial charge in [0.05, 0.1) is 23.9 Å². The molecule has 2 heterocycles. The third-order valence-electron chi connectivity index (χ3n) is 3.80. The number of thiazole rings is 1. The largest absolute Gasteiger partial charge is 0.394 e. The van der Waals surface area contributed by atoms with E-state index in [2.05, 4.69) is 28.8 Å². The third-order valence-corrected chi connectivity index (χ3v) is 4.64. The van der Waals surface area contributed by atoms with E-state index in [1.165, 1.54) is 10.6 Å². The molecule has 2 aromatic rings. The molecule has 2 rings (SSSR count). The van der Waals surface area contributed by atoms with Crippen molar-refractivity contribution in [1.29, 1.82) is 0 Å². The van der Waals surface area contributed by atoms with Gasteiger partial charge in [-0.1, -0.05) is 6.92 Å². The van der Waals surface area contributed by atoms with Crippen molar-refractivity contribution < 1.29 is 5.11 Å². The van der Waals surface area contributed by atoms with E-state index in [0.29, 0.717) is 6.54 Å². The number of hydrogen-bond donors (Lipinski definition) is 1. The van der Waals surface area contributed by atoms with Crippen LogP contribution in [0.15, 0.2) is 11.6 Å². The molecule has 0 unspecified atom stereocenters. The second-order valence-corrected chi connectivity index (χ2v) is 6.12. The minimum absolute atomic E-state index is 0.128. The van der Waals surface area contributed by atoms with Crippen LogP contribution in [0.25, 0.3) is 0 Å². The maximum Gasteiger partial charge on any atom is 0.0937 e. The van der Waals surface area contributed by atoms with E-state index in [1.807, 2.05) is 23.2 Å². The number of likely N-dealkylation sites (N-methyl/N-ethyl adjacent to an activating group) is 1. The van der Waals surface area contributed by atoms with E-state index in [4.69, 9.17) is 5.11 Å². The van der Waals surface area contributed by atoms with Gasteiger partial charge in [-0.15, -0.1) is 11.3 Å². The summed E-state index contributed by atoms with van der Waals surface area (Å²) in [5.74, 6) is 0. The molecule has 2 aromatic heterocycles. The fourth-order valence-electron chi connectivity index (χ4n) is 2.48. The smallest absolute Gasteiger partial charge is 0.0937 e. The molecule has 0 bridgehead atoms. The molecule has 0 saturated heterocycles. The standard InChI is InChI=1S/C15H24N4OS/c1-4-18(7-5-15-16-6-10-21-15)11-14-12(2)17-19(8-9-20)13(14)3/h6,10,20H,4-5,7-9,11H2,1-3H3. The van der Waals surface area contributed by atoms with E-state index >= 15 is 0 Å². The Balaban J connectivity index is 2.00. The van der Waals surface area contributed by atoms with Gasteiger partial charge in [-0.25, -0.2) is 4.98 Å². The van der Waals surface area contributed by atoms with Crippen molar-refractivity contribution in [3.8, 4) is 0 Å². The first-order valence-corrected chi connectivity index (χ1v) is 8.28. The Morgan fingerprint density at radius 2 is 2.19 bits per heavy atom. The van der Waals surface area contributed by atoms with Gasteiger partial charge in [-0.2, -0.15) is 5.10 Å². The summed E-state index contributed by atoms with van der Waals surface area (Å²) in [6.45, 7) is 9.94. The lowest BCUT2D eigenvalue weighted by atomic mass is 10.2. The maximum atomic E-state index is 9.09. The van der Waals surface area contributed by atoms with Crippen molar-refractivity contribution in [3.05, 3.63) is 33.5 Å². The van der Waals surface area contributed by atoms with E-state index in [-0.39, 0.29) is 6.61 Å². The summed E-state index contributed by atoms with van der Waals surface area (Å²) in [6, 6.07) is 0. The molecule has 0 aliphatic heterocycles. The molecule has 1 N–H and O–H groups in total. The summed E-state index contributed by atoms with van der Waals surface area (Å²) in [7, 11) is 0. The van der Waals surface area contributed by atoms with Crippen LogP contribution in [0.2, 0.25) is 0 Å². The quantitative estimate of drug-likeness (QED) is 0.810. The van der Waals surface area contributed by atoms with E-state index in [9.17, 15) is 0 Å². The Kier molecular flexibility index (Phi) is 5.90. The zero-order valence-electron chi connectivity index (χ0n) is 13.0. The summed E-state index contributed by atoms with van der Waals surface area (Å²) in [5, 5.41) is 16.8. The molecule has 0 aliphatic carbocycles. The highest BCUT2D eigenvalue weighted by Crippen LogP contribution is 2.16. The van der Waals surface area contributed by atoms with Gasteiger partial charge in [-0.05, 0) is 20.4 Å². The fourth-order valence-corrected chi connectivity index (χ4v) is 3.09. The molecule has 5 nitrogen and oxygen atoms in total. The molecule has 0 aliphatic rings. The van der Waals surface area contributed by atoms with Crippen molar-refractivity contribution >= 4 is 11.3 Å². The molecule has 0 fully saturated rings. The first kappa shape index (κ1) is 16.1. The number of rotatable bonds is 8. The van der Waals surface area contributed by atoms with Gasteiger partial charge in [0.25, 0.3) is 0 Å². The Bertz CT molecular complexity index is 550. The molecule has 0 aromatic carbocycles. The summed E-state index contributed by atoms with van der Waals surface area (Å²) in [5.41, 5.74) is 3.51. The van der Waals surface area contributed by atoms with Gasteiger partial charge in [-0.3, -0.25) is 9.58 Å². The van der Waals surface area contributed by atoms with Crippen molar-refractivity contribution in [2.24, 2.45) is 0 Å². The van der Waals surface area contributed by atoms with Crippen LogP contribution in [0, 0.1) is 13.8 Å².